The molecule has 4 nitrogen and oxygen atoms in total. The standard InChI is InChI=1S/C13H14N4/c1-2-4-8(3-1)12-11-9-5-6-14-13(9)15-7-10(11)16-17-12/h5-8H,1-4H2,(H,14,15)(H,16,17). The van der Waals surface area contributed by atoms with Crippen LogP contribution in [-0.2, 0) is 0 Å². The molecular weight excluding hydrogens is 212 g/mol. The second-order valence-corrected chi connectivity index (χ2v) is 4.88. The summed E-state index contributed by atoms with van der Waals surface area (Å²) in [7, 11) is 0. The Morgan fingerprint density at radius 3 is 3.00 bits per heavy atom. The Morgan fingerprint density at radius 1 is 1.24 bits per heavy atom. The van der Waals surface area contributed by atoms with Crippen LogP contribution in [0, 0.1) is 0 Å². The zero-order valence-electron chi connectivity index (χ0n) is 9.53. The maximum atomic E-state index is 4.53. The molecule has 0 radical (unpaired) electrons. The Kier molecular flexibility index (Phi) is 1.80. The number of aromatic nitrogens is 4. The predicted octanol–water partition coefficient (Wildman–Crippen LogP) is 3.10. The van der Waals surface area contributed by atoms with Crippen LogP contribution in [-0.4, -0.2) is 20.2 Å². The number of hydrogen-bond donors (Lipinski definition) is 2. The summed E-state index contributed by atoms with van der Waals surface area (Å²) in [5.74, 6) is 0.629. The lowest BCUT2D eigenvalue weighted by Crippen LogP contribution is -1.93. The molecule has 0 atom stereocenters. The molecule has 0 unspecified atom stereocenters. The monoisotopic (exact) mass is 226 g/mol. The summed E-state index contributed by atoms with van der Waals surface area (Å²) in [6.07, 6.45) is 9.03. The summed E-state index contributed by atoms with van der Waals surface area (Å²) in [5.41, 5.74) is 3.25. The number of fused-ring (bicyclic) bond motifs is 3. The van der Waals surface area contributed by atoms with Crippen molar-refractivity contribution >= 4 is 21.9 Å². The van der Waals surface area contributed by atoms with E-state index >= 15 is 0 Å². The molecule has 1 aliphatic rings. The van der Waals surface area contributed by atoms with Crippen LogP contribution in [0.4, 0.5) is 0 Å². The summed E-state index contributed by atoms with van der Waals surface area (Å²) in [4.78, 5) is 7.55. The Labute approximate surface area is 98.4 Å². The minimum atomic E-state index is 0.629. The minimum absolute atomic E-state index is 0.629. The summed E-state index contributed by atoms with van der Waals surface area (Å²) >= 11 is 0. The van der Waals surface area contributed by atoms with Gasteiger partial charge in [0.2, 0.25) is 0 Å². The van der Waals surface area contributed by atoms with E-state index in [1.807, 2.05) is 12.4 Å². The van der Waals surface area contributed by atoms with Crippen LogP contribution >= 0.6 is 0 Å². The Bertz CT molecular complexity index is 673. The van der Waals surface area contributed by atoms with Crippen LogP contribution in [0.5, 0.6) is 0 Å². The van der Waals surface area contributed by atoms with Crippen LogP contribution in [0.25, 0.3) is 21.9 Å². The van der Waals surface area contributed by atoms with Crippen LogP contribution < -0.4 is 0 Å². The molecule has 86 valence electrons. The predicted molar refractivity (Wildman–Crippen MR) is 67.0 cm³/mol. The fraction of sp³-hybridized carbons (Fsp3) is 0.385. The quantitative estimate of drug-likeness (QED) is 0.669. The molecule has 1 fully saturated rings. The smallest absolute Gasteiger partial charge is 0.138 e. The van der Waals surface area contributed by atoms with Gasteiger partial charge in [-0.15, -0.1) is 0 Å². The Hall–Kier alpha value is -1.84. The van der Waals surface area contributed by atoms with E-state index in [2.05, 4.69) is 26.2 Å². The summed E-state index contributed by atoms with van der Waals surface area (Å²) < 4.78 is 0. The zero-order valence-corrected chi connectivity index (χ0v) is 9.53. The van der Waals surface area contributed by atoms with E-state index < -0.39 is 0 Å². The highest BCUT2D eigenvalue weighted by Gasteiger charge is 2.23. The van der Waals surface area contributed by atoms with Crippen molar-refractivity contribution in [3.05, 3.63) is 24.2 Å². The second kappa shape index (κ2) is 3.32. The van der Waals surface area contributed by atoms with Crippen molar-refractivity contribution in [1.29, 1.82) is 0 Å². The van der Waals surface area contributed by atoms with E-state index in [1.165, 1.54) is 42.1 Å². The highest BCUT2D eigenvalue weighted by atomic mass is 15.1. The highest BCUT2D eigenvalue weighted by molar-refractivity contribution is 6.04. The van der Waals surface area contributed by atoms with Gasteiger partial charge in [0.05, 0.1) is 17.4 Å². The van der Waals surface area contributed by atoms with E-state index in [-0.39, 0.29) is 0 Å². The fourth-order valence-electron chi connectivity index (χ4n) is 3.04. The number of rotatable bonds is 1. The first-order valence-corrected chi connectivity index (χ1v) is 6.23. The first kappa shape index (κ1) is 9.22. The lowest BCUT2D eigenvalue weighted by atomic mass is 10.00. The van der Waals surface area contributed by atoms with Gasteiger partial charge in [0.25, 0.3) is 0 Å². The van der Waals surface area contributed by atoms with Gasteiger partial charge in [-0.1, -0.05) is 12.8 Å². The molecule has 3 heterocycles. The van der Waals surface area contributed by atoms with Gasteiger partial charge < -0.3 is 4.98 Å². The van der Waals surface area contributed by atoms with Gasteiger partial charge in [-0.05, 0) is 18.9 Å². The summed E-state index contributed by atoms with van der Waals surface area (Å²) in [6.45, 7) is 0. The number of nitrogens with zero attached hydrogens (tertiary/aromatic N) is 2. The van der Waals surface area contributed by atoms with Crippen molar-refractivity contribution in [2.45, 2.75) is 31.6 Å². The molecule has 0 saturated heterocycles. The number of hydrogen-bond acceptors (Lipinski definition) is 2. The van der Waals surface area contributed by atoms with Gasteiger partial charge in [-0.2, -0.15) is 5.10 Å². The van der Waals surface area contributed by atoms with Crippen molar-refractivity contribution in [1.82, 2.24) is 20.2 Å². The summed E-state index contributed by atoms with van der Waals surface area (Å²) in [6, 6.07) is 2.10. The number of aromatic amines is 2. The van der Waals surface area contributed by atoms with E-state index in [1.54, 1.807) is 0 Å². The van der Waals surface area contributed by atoms with Crippen LogP contribution in [0.15, 0.2) is 18.5 Å². The highest BCUT2D eigenvalue weighted by Crippen LogP contribution is 2.38. The lowest BCUT2D eigenvalue weighted by molar-refractivity contribution is 0.698. The molecule has 4 heteroatoms. The molecule has 2 N–H and O–H groups in total. The average molecular weight is 226 g/mol. The third kappa shape index (κ3) is 1.24. The Balaban J connectivity index is 2.05. The molecule has 17 heavy (non-hydrogen) atoms. The number of pyridine rings is 1. The second-order valence-electron chi connectivity index (χ2n) is 4.88. The van der Waals surface area contributed by atoms with Gasteiger partial charge in [0.15, 0.2) is 0 Å². The fourth-order valence-corrected chi connectivity index (χ4v) is 3.04. The molecule has 0 aliphatic heterocycles. The van der Waals surface area contributed by atoms with Crippen molar-refractivity contribution in [2.24, 2.45) is 0 Å². The first-order chi connectivity index (χ1) is 8.43. The lowest BCUT2D eigenvalue weighted by Gasteiger charge is -2.05. The minimum Gasteiger partial charge on any atom is -0.346 e. The molecule has 0 aromatic carbocycles. The Morgan fingerprint density at radius 2 is 2.12 bits per heavy atom. The molecular formula is C13H14N4. The molecule has 0 amide bonds. The molecule has 3 aromatic rings. The van der Waals surface area contributed by atoms with Gasteiger partial charge in [-0.25, -0.2) is 4.98 Å². The van der Waals surface area contributed by atoms with E-state index in [0.29, 0.717) is 5.92 Å². The van der Waals surface area contributed by atoms with Gasteiger partial charge >= 0.3 is 0 Å². The van der Waals surface area contributed by atoms with Crippen LogP contribution in [0.2, 0.25) is 0 Å². The molecule has 1 aliphatic carbocycles. The van der Waals surface area contributed by atoms with Gasteiger partial charge in [0, 0.05) is 22.9 Å². The first-order valence-electron chi connectivity index (χ1n) is 6.23. The number of H-pyrrole nitrogens is 2. The van der Waals surface area contributed by atoms with Crippen molar-refractivity contribution in [3.8, 4) is 0 Å². The van der Waals surface area contributed by atoms with E-state index in [0.717, 1.165) is 11.2 Å². The van der Waals surface area contributed by atoms with Gasteiger partial charge in [0.1, 0.15) is 5.65 Å². The van der Waals surface area contributed by atoms with Gasteiger partial charge in [-0.3, -0.25) is 5.10 Å². The average Bonchev–Trinajstić information content (AvgIpc) is 3.08. The number of nitrogens with one attached hydrogen (secondary N) is 2. The van der Waals surface area contributed by atoms with Crippen molar-refractivity contribution < 1.29 is 0 Å². The van der Waals surface area contributed by atoms with E-state index in [4.69, 9.17) is 0 Å². The molecule has 1 saturated carbocycles. The molecule has 0 bridgehead atoms. The molecule has 0 spiro atoms. The normalized spacial score (nSPS) is 17.4. The van der Waals surface area contributed by atoms with Crippen molar-refractivity contribution in [3.63, 3.8) is 0 Å². The van der Waals surface area contributed by atoms with Crippen LogP contribution in [0.3, 0.4) is 0 Å². The summed E-state index contributed by atoms with van der Waals surface area (Å²) in [5, 5.41) is 10.1. The third-order valence-corrected chi connectivity index (χ3v) is 3.88. The SMILES string of the molecule is c1cc2c(ncc3[nH]nc(C4CCCC4)c32)[nH]1. The molecule has 3 aromatic heterocycles. The van der Waals surface area contributed by atoms with Crippen molar-refractivity contribution in [2.75, 3.05) is 0 Å². The van der Waals surface area contributed by atoms with Crippen LogP contribution in [0.1, 0.15) is 37.3 Å². The maximum absolute atomic E-state index is 4.53. The molecule has 4 rings (SSSR count). The van der Waals surface area contributed by atoms with E-state index in [9.17, 15) is 0 Å². The largest absolute Gasteiger partial charge is 0.346 e. The maximum Gasteiger partial charge on any atom is 0.138 e. The topological polar surface area (TPSA) is 57.4 Å². The third-order valence-electron chi connectivity index (χ3n) is 3.88. The zero-order chi connectivity index (χ0) is 11.2.